The molecule has 0 saturated carbocycles. The van der Waals surface area contributed by atoms with Gasteiger partial charge < -0.3 is 14.2 Å². The van der Waals surface area contributed by atoms with E-state index in [0.717, 1.165) is 36.5 Å². The molecule has 152 valence electrons. The molecule has 0 spiro atoms. The summed E-state index contributed by atoms with van der Waals surface area (Å²) in [6.07, 6.45) is 2.15. The van der Waals surface area contributed by atoms with Gasteiger partial charge in [0.05, 0.1) is 19.4 Å². The van der Waals surface area contributed by atoms with Crippen molar-refractivity contribution in [1.29, 1.82) is 0 Å². The van der Waals surface area contributed by atoms with Crippen LogP contribution in [0.2, 0.25) is 0 Å². The van der Waals surface area contributed by atoms with Crippen LogP contribution in [-0.4, -0.2) is 31.2 Å². The molecule has 1 heterocycles. The molecule has 0 atom stereocenters. The van der Waals surface area contributed by atoms with E-state index < -0.39 is 0 Å². The fourth-order valence-corrected chi connectivity index (χ4v) is 3.25. The summed E-state index contributed by atoms with van der Waals surface area (Å²) >= 11 is 1.37. The molecule has 0 saturated heterocycles. The number of hydrogen-bond acceptors (Lipinski definition) is 6. The number of carbonyl (C=O) groups excluding carboxylic acids is 1. The van der Waals surface area contributed by atoms with Crippen LogP contribution in [0.25, 0.3) is 11.3 Å². The van der Waals surface area contributed by atoms with Crippen LogP contribution < -0.4 is 19.5 Å². The lowest BCUT2D eigenvalue weighted by molar-refractivity contribution is -0.118. The first kappa shape index (κ1) is 20.7. The van der Waals surface area contributed by atoms with Crippen molar-refractivity contribution in [3.05, 3.63) is 53.9 Å². The Morgan fingerprint density at radius 2 is 1.86 bits per heavy atom. The van der Waals surface area contributed by atoms with E-state index in [1.165, 1.54) is 11.3 Å². The van der Waals surface area contributed by atoms with Gasteiger partial charge >= 0.3 is 0 Å². The highest BCUT2D eigenvalue weighted by Crippen LogP contribution is 2.26. The lowest BCUT2D eigenvalue weighted by Gasteiger charge is -2.07. The molecular weight excluding hydrogens is 388 g/mol. The second-order valence-electron chi connectivity index (χ2n) is 6.28. The largest absolute Gasteiger partial charge is 0.497 e. The highest BCUT2D eigenvalue weighted by atomic mass is 32.1. The average molecular weight is 413 g/mol. The van der Waals surface area contributed by atoms with Gasteiger partial charge in [0.25, 0.3) is 5.91 Å². The molecule has 29 heavy (non-hydrogen) atoms. The van der Waals surface area contributed by atoms with Crippen LogP contribution in [0, 0.1) is 0 Å². The predicted molar refractivity (Wildman–Crippen MR) is 115 cm³/mol. The minimum atomic E-state index is -0.270. The third-order valence-corrected chi connectivity index (χ3v) is 4.84. The fraction of sp³-hybridized carbons (Fsp3) is 0.273. The number of aromatic nitrogens is 1. The molecule has 0 aliphatic rings. The Hall–Kier alpha value is -3.06. The van der Waals surface area contributed by atoms with Crippen LogP contribution in [0.5, 0.6) is 17.2 Å². The summed E-state index contributed by atoms with van der Waals surface area (Å²) < 4.78 is 16.3. The zero-order valence-electron chi connectivity index (χ0n) is 16.5. The van der Waals surface area contributed by atoms with Crippen molar-refractivity contribution in [3.63, 3.8) is 0 Å². The molecule has 7 heteroatoms. The first-order valence-corrected chi connectivity index (χ1v) is 10.3. The van der Waals surface area contributed by atoms with Gasteiger partial charge in [0.2, 0.25) is 0 Å². The molecule has 6 nitrogen and oxygen atoms in total. The molecule has 1 aromatic heterocycles. The average Bonchev–Trinajstić information content (AvgIpc) is 3.21. The van der Waals surface area contributed by atoms with E-state index in [1.54, 1.807) is 25.3 Å². The number of hydrogen-bond donors (Lipinski definition) is 1. The number of methoxy groups -OCH3 is 1. The minimum Gasteiger partial charge on any atom is -0.497 e. The predicted octanol–water partition coefficient (Wildman–Crippen LogP) is 5.02. The van der Waals surface area contributed by atoms with Crippen molar-refractivity contribution < 1.29 is 19.0 Å². The molecule has 2 aromatic carbocycles. The van der Waals surface area contributed by atoms with Crippen LogP contribution in [-0.2, 0) is 4.79 Å². The van der Waals surface area contributed by atoms with Crippen LogP contribution in [0.3, 0.4) is 0 Å². The molecular formula is C22H24N2O4S. The second kappa shape index (κ2) is 10.5. The third kappa shape index (κ3) is 6.22. The molecule has 1 N–H and O–H groups in total. The summed E-state index contributed by atoms with van der Waals surface area (Å²) in [5, 5.41) is 5.20. The summed E-state index contributed by atoms with van der Waals surface area (Å²) in [6, 6.07) is 14.9. The number of nitrogens with zero attached hydrogens (tertiary/aromatic N) is 1. The second-order valence-corrected chi connectivity index (χ2v) is 7.14. The normalized spacial score (nSPS) is 10.4. The summed E-state index contributed by atoms with van der Waals surface area (Å²) in [4.78, 5) is 16.6. The Balaban J connectivity index is 1.52. The zero-order chi connectivity index (χ0) is 20.5. The van der Waals surface area contributed by atoms with Crippen LogP contribution in [0.15, 0.2) is 53.9 Å². The highest BCUT2D eigenvalue weighted by Gasteiger charge is 2.09. The number of unbranched alkanes of at least 4 members (excludes halogenated alkanes) is 1. The Labute approximate surface area is 174 Å². The summed E-state index contributed by atoms with van der Waals surface area (Å²) in [6.45, 7) is 2.75. The lowest BCUT2D eigenvalue weighted by atomic mass is 10.2. The quantitative estimate of drug-likeness (QED) is 0.474. The third-order valence-electron chi connectivity index (χ3n) is 4.08. The lowest BCUT2D eigenvalue weighted by Crippen LogP contribution is -2.20. The number of anilines is 1. The number of benzene rings is 2. The van der Waals surface area contributed by atoms with Gasteiger partial charge in [-0.05, 0) is 42.8 Å². The van der Waals surface area contributed by atoms with Crippen LogP contribution in [0.4, 0.5) is 5.13 Å². The first-order valence-electron chi connectivity index (χ1n) is 9.43. The molecule has 1 amide bonds. The molecule has 0 radical (unpaired) electrons. The monoisotopic (exact) mass is 412 g/mol. The molecule has 0 unspecified atom stereocenters. The van der Waals surface area contributed by atoms with E-state index in [0.29, 0.717) is 16.6 Å². The van der Waals surface area contributed by atoms with Gasteiger partial charge in [0.15, 0.2) is 11.7 Å². The van der Waals surface area contributed by atoms with Crippen molar-refractivity contribution in [2.24, 2.45) is 0 Å². The van der Waals surface area contributed by atoms with Gasteiger partial charge in [-0.2, -0.15) is 0 Å². The maximum absolute atomic E-state index is 12.1. The van der Waals surface area contributed by atoms with Gasteiger partial charge in [0, 0.05) is 17.0 Å². The number of amides is 1. The van der Waals surface area contributed by atoms with E-state index in [1.807, 2.05) is 35.7 Å². The molecule has 0 fully saturated rings. The molecule has 3 rings (SSSR count). The van der Waals surface area contributed by atoms with Crippen molar-refractivity contribution in [2.75, 3.05) is 25.6 Å². The van der Waals surface area contributed by atoms with E-state index in [-0.39, 0.29) is 12.5 Å². The Bertz CT molecular complexity index is 925. The van der Waals surface area contributed by atoms with Gasteiger partial charge in [0.1, 0.15) is 17.2 Å². The smallest absolute Gasteiger partial charge is 0.264 e. The van der Waals surface area contributed by atoms with Gasteiger partial charge in [-0.25, -0.2) is 4.98 Å². The maximum Gasteiger partial charge on any atom is 0.264 e. The number of thiazole rings is 1. The molecule has 3 aromatic rings. The Kier molecular flexibility index (Phi) is 7.47. The van der Waals surface area contributed by atoms with Gasteiger partial charge in [-0.3, -0.25) is 10.1 Å². The van der Waals surface area contributed by atoms with Crippen molar-refractivity contribution in [2.45, 2.75) is 19.8 Å². The first-order chi connectivity index (χ1) is 14.2. The van der Waals surface area contributed by atoms with Crippen LogP contribution >= 0.6 is 11.3 Å². The Morgan fingerprint density at radius 3 is 2.62 bits per heavy atom. The zero-order valence-corrected chi connectivity index (χ0v) is 17.3. The Morgan fingerprint density at radius 1 is 1.07 bits per heavy atom. The number of nitrogens with one attached hydrogen (secondary N) is 1. The topological polar surface area (TPSA) is 69.7 Å². The standard InChI is InChI=1S/C22H24N2O4S/c1-3-4-12-27-17-10-8-16(9-11-17)20-15-29-22(23-20)24-21(25)14-28-19-7-5-6-18(13-19)26-2/h5-11,13,15H,3-4,12,14H2,1-2H3,(H,23,24,25). The van der Waals surface area contributed by atoms with Gasteiger partial charge in [-0.1, -0.05) is 19.4 Å². The van der Waals surface area contributed by atoms with E-state index in [9.17, 15) is 4.79 Å². The summed E-state index contributed by atoms with van der Waals surface area (Å²) in [5.74, 6) is 1.82. The minimum absolute atomic E-state index is 0.105. The SMILES string of the molecule is CCCCOc1ccc(-c2csc(NC(=O)COc3cccc(OC)c3)n2)cc1. The number of carbonyl (C=O) groups is 1. The fourth-order valence-electron chi connectivity index (χ4n) is 2.52. The molecule has 0 aliphatic heterocycles. The number of ether oxygens (including phenoxy) is 3. The van der Waals surface area contributed by atoms with Crippen molar-refractivity contribution in [3.8, 4) is 28.5 Å². The van der Waals surface area contributed by atoms with Crippen LogP contribution in [0.1, 0.15) is 19.8 Å². The molecule has 0 bridgehead atoms. The van der Waals surface area contributed by atoms with Gasteiger partial charge in [-0.15, -0.1) is 11.3 Å². The maximum atomic E-state index is 12.1. The van der Waals surface area contributed by atoms with E-state index in [2.05, 4.69) is 17.2 Å². The number of rotatable bonds is 10. The summed E-state index contributed by atoms with van der Waals surface area (Å²) in [7, 11) is 1.58. The van der Waals surface area contributed by atoms with E-state index >= 15 is 0 Å². The van der Waals surface area contributed by atoms with Crippen molar-refractivity contribution >= 4 is 22.4 Å². The van der Waals surface area contributed by atoms with Crippen molar-refractivity contribution in [1.82, 2.24) is 4.98 Å². The highest BCUT2D eigenvalue weighted by molar-refractivity contribution is 7.14. The van der Waals surface area contributed by atoms with E-state index in [4.69, 9.17) is 14.2 Å². The summed E-state index contributed by atoms with van der Waals surface area (Å²) in [5.41, 5.74) is 1.77. The molecule has 0 aliphatic carbocycles.